The number of rotatable bonds is 4. The Hall–Kier alpha value is -0.970. The second-order valence-corrected chi connectivity index (χ2v) is 4.51. The predicted molar refractivity (Wildman–Crippen MR) is 65.6 cm³/mol. The molecule has 0 aliphatic carbocycles. The van der Waals surface area contributed by atoms with Gasteiger partial charge in [-0.05, 0) is 25.8 Å². The monoisotopic (exact) mass is 236 g/mol. The number of nitrogens with zero attached hydrogens (tertiary/aromatic N) is 1. The smallest absolute Gasteiger partial charge is 0.0991 e. The molecule has 4 nitrogen and oxygen atoms in total. The van der Waals surface area contributed by atoms with Gasteiger partial charge in [-0.15, -0.1) is 0 Å². The molecule has 4 heteroatoms. The fraction of sp³-hybridized carbons (Fsp3) is 0.615. The molecule has 1 aliphatic heterocycles. The molecule has 1 saturated heterocycles. The van der Waals surface area contributed by atoms with E-state index in [1.807, 2.05) is 25.3 Å². The van der Waals surface area contributed by atoms with E-state index in [2.05, 4.69) is 4.98 Å². The van der Waals surface area contributed by atoms with Gasteiger partial charge in [0.05, 0.1) is 12.2 Å². The summed E-state index contributed by atoms with van der Waals surface area (Å²) in [6.45, 7) is 3.53. The Morgan fingerprint density at radius 2 is 2.24 bits per heavy atom. The minimum Gasteiger partial charge on any atom is -0.381 e. The van der Waals surface area contributed by atoms with E-state index in [4.69, 9.17) is 15.2 Å². The highest BCUT2D eigenvalue weighted by Gasteiger charge is 2.23. The zero-order valence-corrected chi connectivity index (χ0v) is 10.2. The summed E-state index contributed by atoms with van der Waals surface area (Å²) >= 11 is 0. The molecular formula is C13H20N2O2. The molecule has 0 spiro atoms. The van der Waals surface area contributed by atoms with Crippen LogP contribution in [0.4, 0.5) is 0 Å². The lowest BCUT2D eigenvalue weighted by Gasteiger charge is -2.29. The first-order valence-electron chi connectivity index (χ1n) is 6.16. The van der Waals surface area contributed by atoms with Gasteiger partial charge in [0.1, 0.15) is 0 Å². The van der Waals surface area contributed by atoms with Crippen LogP contribution in [-0.4, -0.2) is 30.3 Å². The number of ether oxygens (including phenoxy) is 2. The molecule has 1 aromatic heterocycles. The van der Waals surface area contributed by atoms with E-state index in [-0.39, 0.29) is 18.2 Å². The summed E-state index contributed by atoms with van der Waals surface area (Å²) < 4.78 is 11.4. The van der Waals surface area contributed by atoms with E-state index in [1.165, 1.54) is 0 Å². The van der Waals surface area contributed by atoms with Crippen LogP contribution in [0, 0.1) is 0 Å². The molecule has 0 radical (unpaired) electrons. The maximum atomic E-state index is 6.09. The quantitative estimate of drug-likeness (QED) is 0.864. The number of pyridine rings is 1. The lowest BCUT2D eigenvalue weighted by molar-refractivity contribution is -0.0759. The Kier molecular flexibility index (Phi) is 4.48. The van der Waals surface area contributed by atoms with Crippen LogP contribution in [0.1, 0.15) is 31.4 Å². The van der Waals surface area contributed by atoms with Crippen LogP contribution in [0.15, 0.2) is 24.5 Å². The van der Waals surface area contributed by atoms with Crippen molar-refractivity contribution in [2.45, 2.75) is 38.0 Å². The van der Waals surface area contributed by atoms with Gasteiger partial charge < -0.3 is 15.2 Å². The third-order valence-electron chi connectivity index (χ3n) is 3.00. The number of aromatic nitrogens is 1. The van der Waals surface area contributed by atoms with Gasteiger partial charge in [0, 0.05) is 37.2 Å². The Morgan fingerprint density at radius 1 is 1.47 bits per heavy atom. The second-order valence-electron chi connectivity index (χ2n) is 4.51. The topological polar surface area (TPSA) is 57.4 Å². The van der Waals surface area contributed by atoms with Crippen LogP contribution in [0.5, 0.6) is 0 Å². The number of hydrogen-bond donors (Lipinski definition) is 1. The molecule has 17 heavy (non-hydrogen) atoms. The Balaban J connectivity index is 2.02. The number of nitrogens with two attached hydrogens (primary N) is 1. The normalized spacial score (nSPS) is 21.1. The summed E-state index contributed by atoms with van der Waals surface area (Å²) in [5, 5.41) is 0. The molecule has 2 rings (SSSR count). The Bertz CT molecular complexity index is 323. The maximum Gasteiger partial charge on any atom is 0.0991 e. The van der Waals surface area contributed by atoms with Crippen LogP contribution in [-0.2, 0) is 9.47 Å². The van der Waals surface area contributed by atoms with E-state index in [1.54, 1.807) is 6.20 Å². The van der Waals surface area contributed by atoms with Crippen molar-refractivity contribution in [3.05, 3.63) is 30.1 Å². The van der Waals surface area contributed by atoms with Crippen LogP contribution < -0.4 is 5.73 Å². The molecule has 0 aromatic carbocycles. The predicted octanol–water partition coefficient (Wildman–Crippen LogP) is 1.67. The van der Waals surface area contributed by atoms with Crippen LogP contribution in [0.25, 0.3) is 0 Å². The van der Waals surface area contributed by atoms with Crippen molar-refractivity contribution < 1.29 is 9.47 Å². The molecule has 2 heterocycles. The van der Waals surface area contributed by atoms with E-state index in [9.17, 15) is 0 Å². The molecule has 1 aliphatic rings. The van der Waals surface area contributed by atoms with E-state index < -0.39 is 0 Å². The van der Waals surface area contributed by atoms with Crippen molar-refractivity contribution in [2.24, 2.45) is 5.73 Å². The fourth-order valence-electron chi connectivity index (χ4n) is 2.07. The zero-order valence-electron chi connectivity index (χ0n) is 10.2. The fourth-order valence-corrected chi connectivity index (χ4v) is 2.07. The van der Waals surface area contributed by atoms with Gasteiger partial charge in [0.2, 0.25) is 0 Å². The minimum absolute atomic E-state index is 0.0398. The first-order valence-corrected chi connectivity index (χ1v) is 6.16. The van der Waals surface area contributed by atoms with Gasteiger partial charge in [0.25, 0.3) is 0 Å². The van der Waals surface area contributed by atoms with Crippen molar-refractivity contribution in [1.29, 1.82) is 0 Å². The SMILES string of the molecule is CC(N)C(OC1CCOCC1)c1cccnc1. The summed E-state index contributed by atoms with van der Waals surface area (Å²) in [6, 6.07) is 3.89. The Labute approximate surface area is 102 Å². The molecular weight excluding hydrogens is 216 g/mol. The molecule has 0 amide bonds. The summed E-state index contributed by atoms with van der Waals surface area (Å²) in [6.07, 6.45) is 5.66. The summed E-state index contributed by atoms with van der Waals surface area (Å²) in [7, 11) is 0. The van der Waals surface area contributed by atoms with Crippen LogP contribution >= 0.6 is 0 Å². The molecule has 1 aromatic rings. The lowest BCUT2D eigenvalue weighted by Crippen LogP contribution is -2.33. The second kappa shape index (κ2) is 6.10. The molecule has 1 fully saturated rings. The van der Waals surface area contributed by atoms with Crippen molar-refractivity contribution in [3.63, 3.8) is 0 Å². The van der Waals surface area contributed by atoms with Crippen molar-refractivity contribution in [1.82, 2.24) is 4.98 Å². The van der Waals surface area contributed by atoms with E-state index >= 15 is 0 Å². The summed E-state index contributed by atoms with van der Waals surface area (Å²) in [4.78, 5) is 4.12. The molecule has 2 atom stereocenters. The molecule has 94 valence electrons. The minimum atomic E-state index is -0.0770. The third-order valence-corrected chi connectivity index (χ3v) is 3.00. The summed E-state index contributed by atoms with van der Waals surface area (Å²) in [5.74, 6) is 0. The highest BCUT2D eigenvalue weighted by atomic mass is 16.5. The van der Waals surface area contributed by atoms with Crippen molar-refractivity contribution >= 4 is 0 Å². The third kappa shape index (κ3) is 3.49. The van der Waals surface area contributed by atoms with Gasteiger partial charge in [-0.2, -0.15) is 0 Å². The van der Waals surface area contributed by atoms with Crippen LogP contribution in [0.2, 0.25) is 0 Å². The summed E-state index contributed by atoms with van der Waals surface area (Å²) in [5.41, 5.74) is 7.05. The van der Waals surface area contributed by atoms with Gasteiger partial charge in [0.15, 0.2) is 0 Å². The first kappa shape index (κ1) is 12.5. The van der Waals surface area contributed by atoms with E-state index in [0.29, 0.717) is 0 Å². The average Bonchev–Trinajstić information content (AvgIpc) is 2.38. The average molecular weight is 236 g/mol. The highest BCUT2D eigenvalue weighted by molar-refractivity contribution is 5.14. The molecule has 0 bridgehead atoms. The Morgan fingerprint density at radius 3 is 2.82 bits per heavy atom. The molecule has 0 saturated carbocycles. The maximum absolute atomic E-state index is 6.09. The van der Waals surface area contributed by atoms with Crippen LogP contribution in [0.3, 0.4) is 0 Å². The van der Waals surface area contributed by atoms with Gasteiger partial charge in [-0.3, -0.25) is 4.98 Å². The van der Waals surface area contributed by atoms with Gasteiger partial charge in [-0.25, -0.2) is 0 Å². The van der Waals surface area contributed by atoms with Gasteiger partial charge in [-0.1, -0.05) is 6.07 Å². The van der Waals surface area contributed by atoms with Crippen molar-refractivity contribution in [2.75, 3.05) is 13.2 Å². The number of hydrogen-bond acceptors (Lipinski definition) is 4. The molecule has 2 N–H and O–H groups in total. The van der Waals surface area contributed by atoms with Gasteiger partial charge >= 0.3 is 0 Å². The van der Waals surface area contributed by atoms with Crippen molar-refractivity contribution in [3.8, 4) is 0 Å². The molecule has 2 unspecified atom stereocenters. The highest BCUT2D eigenvalue weighted by Crippen LogP contribution is 2.24. The lowest BCUT2D eigenvalue weighted by atomic mass is 10.0. The van der Waals surface area contributed by atoms with E-state index in [0.717, 1.165) is 31.6 Å². The first-order chi connectivity index (χ1) is 8.27. The largest absolute Gasteiger partial charge is 0.381 e. The standard InChI is InChI=1S/C13H20N2O2/c1-10(14)13(11-3-2-6-15-9-11)17-12-4-7-16-8-5-12/h2-3,6,9-10,12-13H,4-5,7-8,14H2,1H3. The zero-order chi connectivity index (χ0) is 12.1.